The highest BCUT2D eigenvalue weighted by molar-refractivity contribution is 6.34. The molecule has 0 bridgehead atoms. The van der Waals surface area contributed by atoms with Crippen molar-refractivity contribution in [2.24, 2.45) is 0 Å². The zero-order chi connectivity index (χ0) is 15.4. The number of phenols is 1. The van der Waals surface area contributed by atoms with Crippen LogP contribution in [0.2, 0.25) is 5.02 Å². The topological polar surface area (TPSA) is 49.3 Å². The van der Waals surface area contributed by atoms with Crippen LogP contribution in [0.1, 0.15) is 22.8 Å². The third-order valence-electron chi connectivity index (χ3n) is 3.05. The van der Waals surface area contributed by atoms with Crippen LogP contribution in [0.4, 0.5) is 4.39 Å². The van der Waals surface area contributed by atoms with E-state index >= 15 is 0 Å². The first kappa shape index (κ1) is 15.3. The number of hydrogen-bond donors (Lipinski definition) is 2. The van der Waals surface area contributed by atoms with Crippen LogP contribution in [0.5, 0.6) is 5.75 Å². The Bertz CT molecular complexity index is 643. The predicted molar refractivity (Wildman–Crippen MR) is 80.1 cm³/mol. The van der Waals surface area contributed by atoms with Gasteiger partial charge in [0.25, 0.3) is 5.91 Å². The number of carbonyl (C=O) groups excluding carboxylic acids is 1. The van der Waals surface area contributed by atoms with E-state index in [0.29, 0.717) is 6.42 Å². The van der Waals surface area contributed by atoms with Gasteiger partial charge in [-0.25, -0.2) is 4.39 Å². The van der Waals surface area contributed by atoms with Crippen LogP contribution in [0.3, 0.4) is 0 Å². The van der Waals surface area contributed by atoms with Gasteiger partial charge in [0.1, 0.15) is 11.6 Å². The number of rotatable bonds is 4. The molecule has 5 heteroatoms. The van der Waals surface area contributed by atoms with Crippen molar-refractivity contribution in [1.82, 2.24) is 5.32 Å². The van der Waals surface area contributed by atoms with E-state index in [0.717, 1.165) is 5.56 Å². The summed E-state index contributed by atoms with van der Waals surface area (Å²) in [4.78, 5) is 12.1. The summed E-state index contributed by atoms with van der Waals surface area (Å²) in [7, 11) is 0. The summed E-state index contributed by atoms with van der Waals surface area (Å²) in [6.45, 7) is 1.85. The summed E-state index contributed by atoms with van der Waals surface area (Å²) in [6.07, 6.45) is 0.596. The van der Waals surface area contributed by atoms with Gasteiger partial charge in [-0.1, -0.05) is 29.8 Å². The molecule has 0 fully saturated rings. The molecule has 0 aromatic heterocycles. The molecule has 2 N–H and O–H groups in total. The Morgan fingerprint density at radius 1 is 1.29 bits per heavy atom. The number of aromatic hydroxyl groups is 1. The highest BCUT2D eigenvalue weighted by Gasteiger charge is 2.15. The molecule has 0 radical (unpaired) electrons. The predicted octanol–water partition coefficient (Wildman–Crippen LogP) is 3.55. The lowest BCUT2D eigenvalue weighted by atomic mass is 10.1. The lowest BCUT2D eigenvalue weighted by molar-refractivity contribution is 0.0940. The maximum atomic E-state index is 13.3. The van der Waals surface area contributed by atoms with E-state index in [-0.39, 0.29) is 22.4 Å². The Morgan fingerprint density at radius 2 is 1.95 bits per heavy atom. The van der Waals surface area contributed by atoms with E-state index in [2.05, 4.69) is 5.32 Å². The van der Waals surface area contributed by atoms with Crippen molar-refractivity contribution in [3.8, 4) is 5.75 Å². The van der Waals surface area contributed by atoms with Gasteiger partial charge in [0.05, 0.1) is 10.6 Å². The molecule has 0 spiro atoms. The van der Waals surface area contributed by atoms with Crippen LogP contribution >= 0.6 is 11.6 Å². The standard InChI is InChI=1S/C16H15ClFNO2/c1-10(9-11-5-7-12(20)8-6-11)19-16(21)13-3-2-4-14(18)15(13)17/h2-8,10,20H,9H2,1H3,(H,19,21)/t10-/m0/s1. The molecule has 0 heterocycles. The molecular weight excluding hydrogens is 293 g/mol. The normalized spacial score (nSPS) is 12.0. The number of halogens is 2. The number of benzene rings is 2. The Hall–Kier alpha value is -2.07. The van der Waals surface area contributed by atoms with Gasteiger partial charge in [0, 0.05) is 6.04 Å². The SMILES string of the molecule is C[C@@H](Cc1ccc(O)cc1)NC(=O)c1cccc(F)c1Cl. The minimum absolute atomic E-state index is 0.120. The van der Waals surface area contributed by atoms with Crippen molar-refractivity contribution >= 4 is 17.5 Å². The quantitative estimate of drug-likeness (QED) is 0.907. The zero-order valence-electron chi connectivity index (χ0n) is 11.4. The molecule has 3 nitrogen and oxygen atoms in total. The van der Waals surface area contributed by atoms with Gasteiger partial charge in [0.15, 0.2) is 0 Å². The highest BCUT2D eigenvalue weighted by Crippen LogP contribution is 2.19. The number of hydrogen-bond acceptors (Lipinski definition) is 2. The summed E-state index contributed by atoms with van der Waals surface area (Å²) in [5.41, 5.74) is 1.10. The number of amides is 1. The van der Waals surface area contributed by atoms with E-state index in [9.17, 15) is 14.3 Å². The molecule has 0 saturated carbocycles. The largest absolute Gasteiger partial charge is 0.508 e. The van der Waals surface area contributed by atoms with E-state index in [1.807, 2.05) is 6.92 Å². The second-order valence-corrected chi connectivity index (χ2v) is 5.22. The molecule has 1 atom stereocenters. The summed E-state index contributed by atoms with van der Waals surface area (Å²) < 4.78 is 13.3. The summed E-state index contributed by atoms with van der Waals surface area (Å²) in [5, 5.41) is 11.8. The molecule has 2 aromatic carbocycles. The van der Waals surface area contributed by atoms with Crippen LogP contribution in [0, 0.1) is 5.82 Å². The van der Waals surface area contributed by atoms with Gasteiger partial charge >= 0.3 is 0 Å². The fourth-order valence-electron chi connectivity index (χ4n) is 2.02. The molecule has 0 saturated heterocycles. The van der Waals surface area contributed by atoms with Crippen molar-refractivity contribution in [2.45, 2.75) is 19.4 Å². The van der Waals surface area contributed by atoms with Gasteiger partial charge in [-0.15, -0.1) is 0 Å². The second kappa shape index (κ2) is 6.59. The van der Waals surface area contributed by atoms with Gasteiger partial charge in [-0.2, -0.15) is 0 Å². The van der Waals surface area contributed by atoms with E-state index in [1.54, 1.807) is 24.3 Å². The molecule has 0 aliphatic rings. The minimum Gasteiger partial charge on any atom is -0.508 e. The molecule has 0 aliphatic heterocycles. The van der Waals surface area contributed by atoms with Crippen LogP contribution in [-0.2, 0) is 6.42 Å². The fourth-order valence-corrected chi connectivity index (χ4v) is 2.23. The van der Waals surface area contributed by atoms with Crippen molar-refractivity contribution < 1.29 is 14.3 Å². The van der Waals surface area contributed by atoms with Gasteiger partial charge in [-0.05, 0) is 43.2 Å². The first-order valence-corrected chi connectivity index (χ1v) is 6.88. The molecule has 0 unspecified atom stereocenters. The van der Waals surface area contributed by atoms with Gasteiger partial charge in [0.2, 0.25) is 0 Å². The fraction of sp³-hybridized carbons (Fsp3) is 0.188. The third-order valence-corrected chi connectivity index (χ3v) is 3.44. The average molecular weight is 308 g/mol. The highest BCUT2D eigenvalue weighted by atomic mass is 35.5. The van der Waals surface area contributed by atoms with Crippen molar-refractivity contribution in [2.75, 3.05) is 0 Å². The first-order valence-electron chi connectivity index (χ1n) is 6.50. The average Bonchev–Trinajstić information content (AvgIpc) is 2.44. The number of nitrogens with one attached hydrogen (secondary N) is 1. The second-order valence-electron chi connectivity index (χ2n) is 4.85. The van der Waals surface area contributed by atoms with Crippen molar-refractivity contribution in [3.63, 3.8) is 0 Å². The Morgan fingerprint density at radius 3 is 2.62 bits per heavy atom. The Balaban J connectivity index is 2.02. The third kappa shape index (κ3) is 3.95. The summed E-state index contributed by atoms with van der Waals surface area (Å²) in [6, 6.07) is 10.7. The number of carbonyl (C=O) groups is 1. The van der Waals surface area contributed by atoms with Crippen LogP contribution < -0.4 is 5.32 Å². The molecule has 1 amide bonds. The molecular formula is C16H15ClFNO2. The number of phenolic OH excluding ortho intramolecular Hbond substituents is 1. The molecule has 110 valence electrons. The molecule has 2 rings (SSSR count). The molecule has 21 heavy (non-hydrogen) atoms. The van der Waals surface area contributed by atoms with Gasteiger partial charge < -0.3 is 10.4 Å². The Labute approximate surface area is 127 Å². The smallest absolute Gasteiger partial charge is 0.253 e. The van der Waals surface area contributed by atoms with E-state index < -0.39 is 11.7 Å². The first-order chi connectivity index (χ1) is 9.97. The van der Waals surface area contributed by atoms with Crippen molar-refractivity contribution in [3.05, 3.63) is 64.4 Å². The monoisotopic (exact) mass is 307 g/mol. The van der Waals surface area contributed by atoms with Crippen LogP contribution in [-0.4, -0.2) is 17.1 Å². The summed E-state index contributed by atoms with van der Waals surface area (Å²) >= 11 is 5.79. The van der Waals surface area contributed by atoms with Crippen LogP contribution in [0.15, 0.2) is 42.5 Å². The summed E-state index contributed by atoms with van der Waals surface area (Å²) in [5.74, 6) is -0.830. The molecule has 0 aliphatic carbocycles. The maximum Gasteiger partial charge on any atom is 0.253 e. The zero-order valence-corrected chi connectivity index (χ0v) is 12.2. The van der Waals surface area contributed by atoms with E-state index in [4.69, 9.17) is 11.6 Å². The molecule has 2 aromatic rings. The minimum atomic E-state index is -0.615. The van der Waals surface area contributed by atoms with E-state index in [1.165, 1.54) is 18.2 Å². The maximum absolute atomic E-state index is 13.3. The Kier molecular flexibility index (Phi) is 4.81. The lowest BCUT2D eigenvalue weighted by Crippen LogP contribution is -2.34. The van der Waals surface area contributed by atoms with Crippen LogP contribution in [0.25, 0.3) is 0 Å². The van der Waals surface area contributed by atoms with Crippen molar-refractivity contribution in [1.29, 1.82) is 0 Å². The van der Waals surface area contributed by atoms with Gasteiger partial charge in [-0.3, -0.25) is 4.79 Å². The lowest BCUT2D eigenvalue weighted by Gasteiger charge is -2.15.